The van der Waals surface area contributed by atoms with Crippen molar-refractivity contribution in [2.45, 2.75) is 24.9 Å². The number of nitrogens with one attached hydrogen (secondary N) is 2. The molecule has 0 bridgehead atoms. The van der Waals surface area contributed by atoms with E-state index in [1.165, 1.54) is 40.5 Å². The lowest BCUT2D eigenvalue weighted by Gasteiger charge is -2.22. The molecule has 3 rings (SSSR count). The molecule has 7 nitrogen and oxygen atoms in total. The second kappa shape index (κ2) is 11.2. The first-order valence-electron chi connectivity index (χ1n) is 10.1. The fraction of sp³-hybridized carbons (Fsp3) is 0.217. The maximum atomic E-state index is 13.0. The summed E-state index contributed by atoms with van der Waals surface area (Å²) in [6, 6.07) is 15.7. The Balaban J connectivity index is 1.62. The van der Waals surface area contributed by atoms with Gasteiger partial charge in [-0.2, -0.15) is 0 Å². The van der Waals surface area contributed by atoms with E-state index >= 15 is 0 Å². The topological polar surface area (TPSA) is 95.6 Å². The van der Waals surface area contributed by atoms with E-state index in [-0.39, 0.29) is 30.3 Å². The van der Waals surface area contributed by atoms with Crippen LogP contribution in [0.15, 0.2) is 70.9 Å². The molecule has 0 fully saturated rings. The third-order valence-electron chi connectivity index (χ3n) is 4.76. The van der Waals surface area contributed by atoms with E-state index in [1.807, 2.05) is 24.4 Å². The molecule has 3 aromatic rings. The Kier molecular flexibility index (Phi) is 8.32. The highest BCUT2D eigenvalue weighted by atomic mass is 32.2. The minimum Gasteiger partial charge on any atom is -0.350 e. The van der Waals surface area contributed by atoms with Crippen LogP contribution in [0.5, 0.6) is 0 Å². The third-order valence-corrected chi connectivity index (χ3v) is 7.04. The predicted octanol–water partition coefficient (Wildman–Crippen LogP) is 2.82. The number of carbonyl (C=O) groups is 2. The maximum absolute atomic E-state index is 13.0. The monoisotopic (exact) mass is 489 g/mol. The zero-order valence-corrected chi connectivity index (χ0v) is 19.6. The average molecular weight is 490 g/mol. The van der Waals surface area contributed by atoms with E-state index < -0.39 is 28.4 Å². The van der Waals surface area contributed by atoms with E-state index in [1.54, 1.807) is 24.3 Å². The molecule has 174 valence electrons. The molecular weight excluding hydrogens is 465 g/mol. The van der Waals surface area contributed by atoms with Crippen LogP contribution in [0.1, 0.15) is 16.0 Å². The molecular formula is C23H24FN3O4S2. The van der Waals surface area contributed by atoms with E-state index in [4.69, 9.17) is 0 Å². The standard InChI is InChI=1S/C23H24FN3O4S2/c1-17-4-10-21(11-5-17)33(30,31)26-14-23(29)27(15-20-3-2-12-32-20)16-22(28)25-13-18-6-8-19(24)9-7-18/h2-12,26H,13-16H2,1H3,(H,25,28). The molecule has 33 heavy (non-hydrogen) atoms. The fourth-order valence-electron chi connectivity index (χ4n) is 2.92. The summed E-state index contributed by atoms with van der Waals surface area (Å²) in [6.07, 6.45) is 0. The molecule has 0 spiro atoms. The first-order chi connectivity index (χ1) is 15.7. The number of nitrogens with zero attached hydrogens (tertiary/aromatic N) is 1. The van der Waals surface area contributed by atoms with Gasteiger partial charge in [0.1, 0.15) is 5.82 Å². The lowest BCUT2D eigenvalue weighted by Crippen LogP contribution is -2.44. The van der Waals surface area contributed by atoms with Crippen molar-refractivity contribution in [2.24, 2.45) is 0 Å². The molecule has 0 atom stereocenters. The quantitative estimate of drug-likeness (QED) is 0.458. The number of amides is 2. The smallest absolute Gasteiger partial charge is 0.241 e. The zero-order valence-electron chi connectivity index (χ0n) is 18.0. The van der Waals surface area contributed by atoms with Crippen molar-refractivity contribution in [2.75, 3.05) is 13.1 Å². The normalized spacial score (nSPS) is 11.2. The molecule has 0 radical (unpaired) electrons. The second-order valence-electron chi connectivity index (χ2n) is 7.37. The van der Waals surface area contributed by atoms with Gasteiger partial charge in [0.15, 0.2) is 0 Å². The van der Waals surface area contributed by atoms with E-state index in [2.05, 4.69) is 10.0 Å². The summed E-state index contributed by atoms with van der Waals surface area (Å²) in [4.78, 5) is 27.5. The maximum Gasteiger partial charge on any atom is 0.241 e. The van der Waals surface area contributed by atoms with Crippen molar-refractivity contribution < 1.29 is 22.4 Å². The minimum atomic E-state index is -3.87. The van der Waals surface area contributed by atoms with Gasteiger partial charge in [0, 0.05) is 11.4 Å². The first-order valence-corrected chi connectivity index (χ1v) is 12.5. The summed E-state index contributed by atoms with van der Waals surface area (Å²) in [5, 5.41) is 4.55. The molecule has 2 aromatic carbocycles. The van der Waals surface area contributed by atoms with Crippen molar-refractivity contribution in [3.63, 3.8) is 0 Å². The van der Waals surface area contributed by atoms with Crippen LogP contribution in [0.25, 0.3) is 0 Å². The summed E-state index contributed by atoms with van der Waals surface area (Å²) in [5.74, 6) is -1.31. The van der Waals surface area contributed by atoms with Gasteiger partial charge in [0.25, 0.3) is 0 Å². The van der Waals surface area contributed by atoms with Gasteiger partial charge in [-0.3, -0.25) is 9.59 Å². The van der Waals surface area contributed by atoms with Crippen LogP contribution in [0.4, 0.5) is 4.39 Å². The van der Waals surface area contributed by atoms with Gasteiger partial charge in [0.2, 0.25) is 21.8 Å². The molecule has 1 aromatic heterocycles. The summed E-state index contributed by atoms with van der Waals surface area (Å²) < 4.78 is 40.4. The van der Waals surface area contributed by atoms with Crippen molar-refractivity contribution in [1.29, 1.82) is 0 Å². The van der Waals surface area contributed by atoms with Crippen LogP contribution in [-0.2, 0) is 32.7 Å². The number of carbonyl (C=O) groups excluding carboxylic acids is 2. The number of aryl methyl sites for hydroxylation is 1. The first kappa shape index (κ1) is 24.6. The SMILES string of the molecule is Cc1ccc(S(=O)(=O)NCC(=O)N(CC(=O)NCc2ccc(F)cc2)Cc2cccs2)cc1. The zero-order chi connectivity index (χ0) is 23.8. The van der Waals surface area contributed by atoms with E-state index in [9.17, 15) is 22.4 Å². The molecule has 0 aliphatic carbocycles. The Morgan fingerprint density at radius 2 is 1.73 bits per heavy atom. The molecule has 2 amide bonds. The molecule has 10 heteroatoms. The van der Waals surface area contributed by atoms with Gasteiger partial charge in [-0.05, 0) is 48.2 Å². The van der Waals surface area contributed by atoms with Gasteiger partial charge in [0.05, 0.1) is 24.5 Å². The molecule has 0 aliphatic heterocycles. The van der Waals surface area contributed by atoms with Crippen LogP contribution in [0.2, 0.25) is 0 Å². The average Bonchev–Trinajstić information content (AvgIpc) is 3.30. The number of sulfonamides is 1. The molecule has 1 heterocycles. The van der Waals surface area contributed by atoms with Crippen molar-refractivity contribution >= 4 is 33.2 Å². The number of thiophene rings is 1. The van der Waals surface area contributed by atoms with E-state index in [0.29, 0.717) is 5.56 Å². The predicted molar refractivity (Wildman–Crippen MR) is 124 cm³/mol. The second-order valence-corrected chi connectivity index (χ2v) is 10.2. The number of hydrogen-bond donors (Lipinski definition) is 2. The van der Waals surface area contributed by atoms with Crippen molar-refractivity contribution in [3.05, 3.63) is 87.9 Å². The highest BCUT2D eigenvalue weighted by molar-refractivity contribution is 7.89. The molecule has 2 N–H and O–H groups in total. The highest BCUT2D eigenvalue weighted by Gasteiger charge is 2.21. The van der Waals surface area contributed by atoms with Crippen molar-refractivity contribution in [3.8, 4) is 0 Å². The summed E-state index contributed by atoms with van der Waals surface area (Å²) >= 11 is 1.43. The largest absolute Gasteiger partial charge is 0.350 e. The summed E-state index contributed by atoms with van der Waals surface area (Å²) in [6.45, 7) is 1.47. The third kappa shape index (κ3) is 7.48. The Hall–Kier alpha value is -3.08. The number of hydrogen-bond acceptors (Lipinski definition) is 5. The Bertz CT molecular complexity index is 1180. The Morgan fingerprint density at radius 1 is 1.03 bits per heavy atom. The Labute approximate surface area is 196 Å². The van der Waals surface area contributed by atoms with Gasteiger partial charge in [-0.15, -0.1) is 11.3 Å². The molecule has 0 unspecified atom stereocenters. The van der Waals surface area contributed by atoms with Crippen LogP contribution in [-0.4, -0.2) is 38.2 Å². The lowest BCUT2D eigenvalue weighted by molar-refractivity contribution is -0.135. The molecule has 0 saturated heterocycles. The van der Waals surface area contributed by atoms with Gasteiger partial charge >= 0.3 is 0 Å². The van der Waals surface area contributed by atoms with Crippen LogP contribution in [0.3, 0.4) is 0 Å². The van der Waals surface area contributed by atoms with Crippen LogP contribution >= 0.6 is 11.3 Å². The van der Waals surface area contributed by atoms with Gasteiger partial charge < -0.3 is 10.2 Å². The van der Waals surface area contributed by atoms with Crippen LogP contribution in [0, 0.1) is 12.7 Å². The van der Waals surface area contributed by atoms with Crippen molar-refractivity contribution in [1.82, 2.24) is 14.9 Å². The Morgan fingerprint density at radius 3 is 2.36 bits per heavy atom. The fourth-order valence-corrected chi connectivity index (χ4v) is 4.62. The summed E-state index contributed by atoms with van der Waals surface area (Å²) in [5.41, 5.74) is 1.63. The van der Waals surface area contributed by atoms with E-state index in [0.717, 1.165) is 10.4 Å². The molecule has 0 saturated carbocycles. The van der Waals surface area contributed by atoms with Gasteiger partial charge in [-0.1, -0.05) is 35.9 Å². The van der Waals surface area contributed by atoms with Crippen LogP contribution < -0.4 is 10.0 Å². The minimum absolute atomic E-state index is 0.0581. The lowest BCUT2D eigenvalue weighted by atomic mass is 10.2. The number of benzene rings is 2. The summed E-state index contributed by atoms with van der Waals surface area (Å²) in [7, 11) is -3.87. The number of halogens is 1. The van der Waals surface area contributed by atoms with Gasteiger partial charge in [-0.25, -0.2) is 17.5 Å². The highest BCUT2D eigenvalue weighted by Crippen LogP contribution is 2.13. The molecule has 0 aliphatic rings. The number of rotatable bonds is 10.